The van der Waals surface area contributed by atoms with E-state index >= 15 is 0 Å². The number of imidazole rings is 1. The van der Waals surface area contributed by atoms with Gasteiger partial charge >= 0.3 is 0 Å². The summed E-state index contributed by atoms with van der Waals surface area (Å²) in [4.78, 5) is 13.2. The first-order valence-electron chi connectivity index (χ1n) is 11.2. The lowest BCUT2D eigenvalue weighted by Crippen LogP contribution is -2.33. The summed E-state index contributed by atoms with van der Waals surface area (Å²) in [6.45, 7) is 0.437. The van der Waals surface area contributed by atoms with Crippen molar-refractivity contribution >= 4 is 17.0 Å². The lowest BCUT2D eigenvalue weighted by atomic mass is 9.87. The van der Waals surface area contributed by atoms with Gasteiger partial charge in [0.2, 0.25) is 0 Å². The highest BCUT2D eigenvalue weighted by atomic mass is 16.6. The second-order valence-electron chi connectivity index (χ2n) is 8.77. The number of rotatable bonds is 6. The van der Waals surface area contributed by atoms with E-state index in [1.807, 2.05) is 10.9 Å². The minimum Gasteiger partial charge on any atom is -0.394 e. The Morgan fingerprint density at radius 2 is 1.94 bits per heavy atom. The zero-order valence-corrected chi connectivity index (χ0v) is 17.8. The van der Waals surface area contributed by atoms with Gasteiger partial charge in [0.25, 0.3) is 0 Å². The third-order valence-corrected chi connectivity index (χ3v) is 6.62. The second kappa shape index (κ2) is 8.74. The predicted octanol–water partition coefficient (Wildman–Crippen LogP) is 0.854. The fourth-order valence-corrected chi connectivity index (χ4v) is 4.76. The second-order valence-corrected chi connectivity index (χ2v) is 8.77. The Bertz CT molecular complexity index is 1080. The molecule has 172 valence electrons. The first-order valence-corrected chi connectivity index (χ1v) is 11.2. The van der Waals surface area contributed by atoms with Gasteiger partial charge in [-0.2, -0.15) is 5.10 Å². The predicted molar refractivity (Wildman–Crippen MR) is 115 cm³/mol. The first kappa shape index (κ1) is 21.3. The number of aryl methyl sites for hydroxylation is 1. The van der Waals surface area contributed by atoms with Crippen LogP contribution in [0, 0.1) is 5.92 Å². The molecule has 11 heteroatoms. The number of aliphatic hydroxyl groups excluding tert-OH is 3. The number of nitrogens with zero attached hydrogens (tertiary/aromatic N) is 6. The fraction of sp³-hybridized carbons (Fsp3) is 0.619. The normalized spacial score (nSPS) is 26.8. The van der Waals surface area contributed by atoms with Gasteiger partial charge in [-0.05, 0) is 12.3 Å². The molecule has 4 atom stereocenters. The summed E-state index contributed by atoms with van der Waals surface area (Å²) in [5.74, 6) is 1.36. The Morgan fingerprint density at radius 1 is 1.12 bits per heavy atom. The van der Waals surface area contributed by atoms with Gasteiger partial charge in [0.1, 0.15) is 23.8 Å². The number of nitrogens with two attached hydrogens (primary N) is 1. The van der Waals surface area contributed by atoms with Gasteiger partial charge in [-0.15, -0.1) is 0 Å². The average Bonchev–Trinajstić information content (AvgIpc) is 3.52. The zero-order valence-electron chi connectivity index (χ0n) is 17.8. The number of hydrogen-bond acceptors (Lipinski definition) is 9. The average molecular weight is 444 g/mol. The lowest BCUT2D eigenvalue weighted by Gasteiger charge is -2.21. The maximum atomic E-state index is 10.4. The van der Waals surface area contributed by atoms with E-state index in [1.165, 1.54) is 43.0 Å². The third kappa shape index (κ3) is 3.85. The Hall–Kier alpha value is -2.60. The van der Waals surface area contributed by atoms with Gasteiger partial charge in [-0.25, -0.2) is 15.0 Å². The molecular weight excluding hydrogens is 414 g/mol. The third-order valence-electron chi connectivity index (χ3n) is 6.62. The Labute approximate surface area is 184 Å². The molecular formula is C21H29N7O4. The quantitative estimate of drug-likeness (QED) is 0.433. The van der Waals surface area contributed by atoms with Crippen molar-refractivity contribution in [1.82, 2.24) is 29.3 Å². The standard InChI is InChI=1S/C21H29N7O4/c22-18-15-20(28(11-23-15)21-17(31)16(30)14(10-29)32-21)26-19(25-18)13-8-24-27(9-13)7-6-12-4-2-1-3-5-12/h8-9,11-12,14,16-17,21,29-31H,1-7,10H2,(H2,22,25,26)/t14?,16?,17-,21?/m1/s1. The maximum Gasteiger partial charge on any atom is 0.168 e. The topological polar surface area (TPSA) is 157 Å². The van der Waals surface area contributed by atoms with Crippen molar-refractivity contribution in [2.45, 2.75) is 69.6 Å². The number of aromatic nitrogens is 6. The van der Waals surface area contributed by atoms with Gasteiger partial charge in [0.15, 0.2) is 23.5 Å². The highest BCUT2D eigenvalue weighted by Gasteiger charge is 2.44. The highest BCUT2D eigenvalue weighted by molar-refractivity contribution is 5.83. The van der Waals surface area contributed by atoms with Crippen LogP contribution >= 0.6 is 0 Å². The monoisotopic (exact) mass is 443 g/mol. The molecule has 11 nitrogen and oxygen atoms in total. The van der Waals surface area contributed by atoms with E-state index in [0.717, 1.165) is 24.4 Å². The number of hydrogen-bond donors (Lipinski definition) is 4. The van der Waals surface area contributed by atoms with Gasteiger partial charge in [-0.1, -0.05) is 32.1 Å². The number of aliphatic hydroxyl groups is 3. The minimum atomic E-state index is -1.24. The molecule has 2 aliphatic rings. The van der Waals surface area contributed by atoms with E-state index in [0.29, 0.717) is 17.0 Å². The molecule has 3 aromatic heterocycles. The molecule has 3 aromatic rings. The molecule has 0 radical (unpaired) electrons. The van der Waals surface area contributed by atoms with Crippen LogP contribution in [-0.2, 0) is 11.3 Å². The molecule has 1 saturated carbocycles. The molecule has 2 fully saturated rings. The number of fused-ring (bicyclic) bond motifs is 1. The molecule has 0 spiro atoms. The molecule has 1 saturated heterocycles. The summed E-state index contributed by atoms with van der Waals surface area (Å²) >= 11 is 0. The van der Waals surface area contributed by atoms with E-state index in [4.69, 9.17) is 10.5 Å². The molecule has 32 heavy (non-hydrogen) atoms. The smallest absolute Gasteiger partial charge is 0.168 e. The van der Waals surface area contributed by atoms with Crippen molar-refractivity contribution in [2.75, 3.05) is 12.3 Å². The summed E-state index contributed by atoms with van der Waals surface area (Å²) in [6.07, 6.45) is 8.47. The summed E-state index contributed by atoms with van der Waals surface area (Å²) in [5, 5.41) is 34.3. The Balaban J connectivity index is 1.40. The molecule has 4 heterocycles. The molecule has 0 aromatic carbocycles. The summed E-state index contributed by atoms with van der Waals surface area (Å²) < 4.78 is 9.04. The van der Waals surface area contributed by atoms with Crippen LogP contribution in [0.5, 0.6) is 0 Å². The van der Waals surface area contributed by atoms with Crippen molar-refractivity contribution in [2.24, 2.45) is 5.92 Å². The van der Waals surface area contributed by atoms with Crippen molar-refractivity contribution in [3.63, 3.8) is 0 Å². The van der Waals surface area contributed by atoms with Crippen LogP contribution in [0.3, 0.4) is 0 Å². The van der Waals surface area contributed by atoms with Crippen LogP contribution in [0.25, 0.3) is 22.6 Å². The van der Waals surface area contributed by atoms with Gasteiger partial charge in [0.05, 0.1) is 24.7 Å². The first-order chi connectivity index (χ1) is 15.5. The van der Waals surface area contributed by atoms with Gasteiger partial charge < -0.3 is 25.8 Å². The van der Waals surface area contributed by atoms with Crippen LogP contribution in [0.4, 0.5) is 5.82 Å². The van der Waals surface area contributed by atoms with Crippen LogP contribution in [-0.4, -0.2) is 69.5 Å². The van der Waals surface area contributed by atoms with Crippen molar-refractivity contribution < 1.29 is 20.1 Å². The molecule has 5 N–H and O–H groups in total. The van der Waals surface area contributed by atoms with E-state index in [1.54, 1.807) is 6.20 Å². The van der Waals surface area contributed by atoms with Crippen LogP contribution in [0.2, 0.25) is 0 Å². The molecule has 5 rings (SSSR count). The van der Waals surface area contributed by atoms with Crippen LogP contribution < -0.4 is 5.73 Å². The summed E-state index contributed by atoms with van der Waals surface area (Å²) in [6, 6.07) is 0. The SMILES string of the molecule is Nc1nc(-c2cnn(CCC3CCCCC3)c2)nc2c1ncn2C1OC(CO)C(O)[C@H]1O. The van der Waals surface area contributed by atoms with E-state index in [-0.39, 0.29) is 5.82 Å². The largest absolute Gasteiger partial charge is 0.394 e. The summed E-state index contributed by atoms with van der Waals surface area (Å²) in [7, 11) is 0. The van der Waals surface area contributed by atoms with Crippen LogP contribution in [0.15, 0.2) is 18.7 Å². The minimum absolute atomic E-state index is 0.199. The fourth-order valence-electron chi connectivity index (χ4n) is 4.76. The Morgan fingerprint density at radius 3 is 2.69 bits per heavy atom. The lowest BCUT2D eigenvalue weighted by molar-refractivity contribution is -0.0511. The van der Waals surface area contributed by atoms with E-state index in [2.05, 4.69) is 20.1 Å². The zero-order chi connectivity index (χ0) is 22.2. The Kier molecular flexibility index (Phi) is 5.80. The molecule has 0 amide bonds. The number of anilines is 1. The van der Waals surface area contributed by atoms with Gasteiger partial charge in [-0.3, -0.25) is 9.25 Å². The number of nitrogen functional groups attached to an aromatic ring is 1. The van der Waals surface area contributed by atoms with Gasteiger partial charge in [0, 0.05) is 12.7 Å². The number of ether oxygens (including phenoxy) is 1. The summed E-state index contributed by atoms with van der Waals surface area (Å²) in [5.41, 5.74) is 7.61. The van der Waals surface area contributed by atoms with Crippen molar-refractivity contribution in [3.05, 3.63) is 18.7 Å². The maximum absolute atomic E-state index is 10.4. The van der Waals surface area contributed by atoms with Crippen LogP contribution in [0.1, 0.15) is 44.8 Å². The van der Waals surface area contributed by atoms with Crippen molar-refractivity contribution in [3.8, 4) is 11.4 Å². The van der Waals surface area contributed by atoms with Crippen molar-refractivity contribution in [1.29, 1.82) is 0 Å². The molecule has 1 aliphatic heterocycles. The molecule has 0 bridgehead atoms. The van der Waals surface area contributed by atoms with E-state index in [9.17, 15) is 15.3 Å². The molecule has 3 unspecified atom stereocenters. The highest BCUT2D eigenvalue weighted by Crippen LogP contribution is 2.33. The molecule has 1 aliphatic carbocycles. The van der Waals surface area contributed by atoms with E-state index < -0.39 is 31.1 Å².